The van der Waals surface area contributed by atoms with Crippen LogP contribution in [-0.2, 0) is 11.2 Å². The van der Waals surface area contributed by atoms with Crippen molar-refractivity contribution in [3.8, 4) is 11.3 Å². The Labute approximate surface area is 166 Å². The molecule has 1 amide bonds. The standard InChI is InChI=1S/C22H20FN3OS/c1-14-5-3-4-6-19(14)15(2)24-21(27)11-18-13-28-22-25-20(12-26(18)22)16-7-9-17(23)10-8-16/h3-10,12-13,15H,11H2,1-2H3,(H,24,27)/t15-/m0/s1. The van der Waals surface area contributed by atoms with Crippen LogP contribution in [0.2, 0.25) is 0 Å². The number of carbonyl (C=O) groups is 1. The van der Waals surface area contributed by atoms with Gasteiger partial charge in [-0.05, 0) is 49.2 Å². The monoisotopic (exact) mass is 393 g/mol. The van der Waals surface area contributed by atoms with E-state index in [9.17, 15) is 9.18 Å². The summed E-state index contributed by atoms with van der Waals surface area (Å²) < 4.78 is 15.1. The van der Waals surface area contributed by atoms with Crippen LogP contribution >= 0.6 is 11.3 Å². The van der Waals surface area contributed by atoms with Gasteiger partial charge in [0.2, 0.25) is 5.91 Å². The number of rotatable bonds is 5. The molecule has 2 aromatic heterocycles. The highest BCUT2D eigenvalue weighted by Gasteiger charge is 2.15. The first kappa shape index (κ1) is 18.4. The number of hydrogen-bond donors (Lipinski definition) is 1. The fourth-order valence-corrected chi connectivity index (χ4v) is 4.20. The Bertz CT molecular complexity index is 1130. The van der Waals surface area contributed by atoms with E-state index >= 15 is 0 Å². The summed E-state index contributed by atoms with van der Waals surface area (Å²) in [5, 5.41) is 5.03. The molecule has 0 spiro atoms. The molecule has 0 saturated heterocycles. The number of fused-ring (bicyclic) bond motifs is 1. The van der Waals surface area contributed by atoms with Crippen LogP contribution in [0.5, 0.6) is 0 Å². The largest absolute Gasteiger partial charge is 0.349 e. The van der Waals surface area contributed by atoms with Crippen molar-refractivity contribution in [3.63, 3.8) is 0 Å². The molecule has 0 aliphatic rings. The number of benzene rings is 2. The third-order valence-electron chi connectivity index (χ3n) is 4.80. The summed E-state index contributed by atoms with van der Waals surface area (Å²) in [5.41, 5.74) is 4.78. The Kier molecular flexibility index (Phi) is 4.96. The molecule has 4 rings (SSSR count). The lowest BCUT2D eigenvalue weighted by Gasteiger charge is -2.16. The van der Waals surface area contributed by atoms with Gasteiger partial charge in [0.15, 0.2) is 4.96 Å². The minimum atomic E-state index is -0.273. The predicted octanol–water partition coefficient (Wildman–Crippen LogP) is 4.93. The topological polar surface area (TPSA) is 46.4 Å². The van der Waals surface area contributed by atoms with Crippen molar-refractivity contribution in [3.05, 3.63) is 82.7 Å². The quantitative estimate of drug-likeness (QED) is 0.523. The van der Waals surface area contributed by atoms with Crippen molar-refractivity contribution in [2.24, 2.45) is 0 Å². The molecule has 4 nitrogen and oxygen atoms in total. The normalized spacial score (nSPS) is 12.2. The first-order chi connectivity index (χ1) is 13.5. The second-order valence-electron chi connectivity index (χ2n) is 6.84. The maximum Gasteiger partial charge on any atom is 0.226 e. The van der Waals surface area contributed by atoms with Crippen LogP contribution in [0.1, 0.15) is 29.8 Å². The van der Waals surface area contributed by atoms with Crippen molar-refractivity contribution in [2.75, 3.05) is 0 Å². The van der Waals surface area contributed by atoms with Crippen LogP contribution in [0.15, 0.2) is 60.1 Å². The summed E-state index contributed by atoms with van der Waals surface area (Å²) in [7, 11) is 0. The second kappa shape index (κ2) is 7.56. The van der Waals surface area contributed by atoms with Crippen molar-refractivity contribution < 1.29 is 9.18 Å². The lowest BCUT2D eigenvalue weighted by Crippen LogP contribution is -2.28. The number of aromatic nitrogens is 2. The molecule has 0 saturated carbocycles. The van der Waals surface area contributed by atoms with Crippen LogP contribution in [0.4, 0.5) is 4.39 Å². The summed E-state index contributed by atoms with van der Waals surface area (Å²) >= 11 is 1.49. The highest BCUT2D eigenvalue weighted by atomic mass is 32.1. The van der Waals surface area contributed by atoms with Gasteiger partial charge < -0.3 is 5.32 Å². The van der Waals surface area contributed by atoms with Crippen molar-refractivity contribution in [1.29, 1.82) is 0 Å². The summed E-state index contributed by atoms with van der Waals surface area (Å²) in [6, 6.07) is 14.3. The van der Waals surface area contributed by atoms with Gasteiger partial charge in [-0.2, -0.15) is 0 Å². The van der Waals surface area contributed by atoms with Gasteiger partial charge in [0, 0.05) is 22.8 Å². The summed E-state index contributed by atoms with van der Waals surface area (Å²) in [5.74, 6) is -0.308. The molecule has 0 radical (unpaired) electrons. The fourth-order valence-electron chi connectivity index (χ4n) is 3.32. The molecule has 1 atom stereocenters. The van der Waals surface area contributed by atoms with Crippen LogP contribution < -0.4 is 5.32 Å². The SMILES string of the molecule is Cc1ccccc1[C@H](C)NC(=O)Cc1csc2nc(-c3ccc(F)cc3)cn12. The zero-order valence-corrected chi connectivity index (χ0v) is 16.5. The minimum absolute atomic E-state index is 0.0347. The highest BCUT2D eigenvalue weighted by Crippen LogP contribution is 2.24. The molecule has 4 aromatic rings. The van der Waals surface area contributed by atoms with E-state index in [-0.39, 0.29) is 24.2 Å². The lowest BCUT2D eigenvalue weighted by atomic mass is 10.0. The molecule has 28 heavy (non-hydrogen) atoms. The maximum atomic E-state index is 13.1. The average molecular weight is 393 g/mol. The third kappa shape index (κ3) is 3.68. The number of carbonyl (C=O) groups excluding carboxylic acids is 1. The van der Waals surface area contributed by atoms with E-state index in [1.165, 1.54) is 23.5 Å². The van der Waals surface area contributed by atoms with E-state index in [0.29, 0.717) is 0 Å². The Morgan fingerprint density at radius 2 is 1.96 bits per heavy atom. The molecule has 0 aliphatic heterocycles. The van der Waals surface area contributed by atoms with Gasteiger partial charge in [0.25, 0.3) is 0 Å². The van der Waals surface area contributed by atoms with E-state index in [1.807, 2.05) is 54.1 Å². The lowest BCUT2D eigenvalue weighted by molar-refractivity contribution is -0.121. The van der Waals surface area contributed by atoms with Crippen molar-refractivity contribution in [1.82, 2.24) is 14.7 Å². The molecule has 0 fully saturated rings. The highest BCUT2D eigenvalue weighted by molar-refractivity contribution is 7.15. The number of aryl methyl sites for hydroxylation is 1. The smallest absolute Gasteiger partial charge is 0.226 e. The van der Waals surface area contributed by atoms with Crippen LogP contribution in [0.25, 0.3) is 16.2 Å². The number of imidazole rings is 1. The Balaban J connectivity index is 1.51. The fraction of sp³-hybridized carbons (Fsp3) is 0.182. The van der Waals surface area contributed by atoms with Crippen molar-refractivity contribution >= 4 is 22.2 Å². The molecule has 1 N–H and O–H groups in total. The number of thiazole rings is 1. The number of halogens is 1. The molecule has 6 heteroatoms. The molecule has 0 bridgehead atoms. The number of nitrogens with zero attached hydrogens (tertiary/aromatic N) is 2. The first-order valence-corrected chi connectivity index (χ1v) is 9.95. The maximum absolute atomic E-state index is 13.1. The van der Waals surface area contributed by atoms with Gasteiger partial charge in [-0.1, -0.05) is 24.3 Å². The zero-order chi connectivity index (χ0) is 19.7. The second-order valence-corrected chi connectivity index (χ2v) is 7.67. The number of hydrogen-bond acceptors (Lipinski definition) is 3. The van der Waals surface area contributed by atoms with E-state index in [0.717, 1.165) is 33.0 Å². The van der Waals surface area contributed by atoms with E-state index < -0.39 is 0 Å². The Hall–Kier alpha value is -2.99. The molecule has 2 aromatic carbocycles. The third-order valence-corrected chi connectivity index (χ3v) is 5.69. The minimum Gasteiger partial charge on any atom is -0.349 e. The van der Waals surface area contributed by atoms with Gasteiger partial charge >= 0.3 is 0 Å². The van der Waals surface area contributed by atoms with Crippen LogP contribution in [0.3, 0.4) is 0 Å². The van der Waals surface area contributed by atoms with Gasteiger partial charge in [0.1, 0.15) is 5.82 Å². The summed E-state index contributed by atoms with van der Waals surface area (Å²) in [6.45, 7) is 4.04. The van der Waals surface area contributed by atoms with Crippen molar-refractivity contribution in [2.45, 2.75) is 26.3 Å². The molecule has 0 aliphatic carbocycles. The first-order valence-electron chi connectivity index (χ1n) is 9.07. The molecule has 142 valence electrons. The van der Waals surface area contributed by atoms with Crippen LogP contribution in [-0.4, -0.2) is 15.3 Å². The number of amides is 1. The summed E-state index contributed by atoms with van der Waals surface area (Å²) in [4.78, 5) is 18.0. The summed E-state index contributed by atoms with van der Waals surface area (Å²) in [6.07, 6.45) is 2.17. The molecule has 0 unspecified atom stereocenters. The van der Waals surface area contributed by atoms with E-state index in [2.05, 4.69) is 10.3 Å². The zero-order valence-electron chi connectivity index (χ0n) is 15.6. The molecular formula is C22H20FN3OS. The van der Waals surface area contributed by atoms with E-state index in [1.54, 1.807) is 12.1 Å². The van der Waals surface area contributed by atoms with Gasteiger partial charge in [-0.15, -0.1) is 11.3 Å². The Morgan fingerprint density at radius 1 is 1.21 bits per heavy atom. The molecule has 2 heterocycles. The van der Waals surface area contributed by atoms with Gasteiger partial charge in [0.05, 0.1) is 18.2 Å². The van der Waals surface area contributed by atoms with Crippen LogP contribution in [0, 0.1) is 12.7 Å². The van der Waals surface area contributed by atoms with E-state index in [4.69, 9.17) is 0 Å². The predicted molar refractivity (Wildman–Crippen MR) is 110 cm³/mol. The molecular weight excluding hydrogens is 373 g/mol. The van der Waals surface area contributed by atoms with Gasteiger partial charge in [-0.25, -0.2) is 9.37 Å². The van der Waals surface area contributed by atoms with Gasteiger partial charge in [-0.3, -0.25) is 9.20 Å². The Morgan fingerprint density at radius 3 is 2.71 bits per heavy atom. The number of nitrogens with one attached hydrogen (secondary N) is 1. The average Bonchev–Trinajstić information content (AvgIpc) is 3.24.